The number of carbonyl (C=O) groups excluding carboxylic acids is 3. The van der Waals surface area contributed by atoms with Gasteiger partial charge in [0.05, 0.1) is 22.7 Å². The Morgan fingerprint density at radius 3 is 2.31 bits per heavy atom. The Morgan fingerprint density at radius 1 is 1.06 bits per heavy atom. The first-order valence-electron chi connectivity index (χ1n) is 12.4. The number of benzene rings is 2. The lowest BCUT2D eigenvalue weighted by molar-refractivity contribution is -0.161. The van der Waals surface area contributed by atoms with Gasteiger partial charge in [-0.25, -0.2) is 5.01 Å². The summed E-state index contributed by atoms with van der Waals surface area (Å²) in [6.07, 6.45) is 7.99. The van der Waals surface area contributed by atoms with Crippen LogP contribution in [0.3, 0.4) is 0 Å². The standard InChI is InChI=1S/C28H27BrN2O5/c1-35-23-12-16(10-21-25(32)30-31(26(21)33)20-5-3-2-4-6-20)11-22(29)24(23)36-27(34)28-13-17-7-18(14-28)9-19(8-17)15-28/h2-6,10-12,17-19H,7-9,13-15H2,1H3,(H,30,32)/b21-10+. The summed E-state index contributed by atoms with van der Waals surface area (Å²) >= 11 is 3.52. The van der Waals surface area contributed by atoms with E-state index in [-0.39, 0.29) is 11.5 Å². The maximum atomic E-state index is 13.5. The van der Waals surface area contributed by atoms with E-state index in [0.717, 1.165) is 19.3 Å². The Hall–Kier alpha value is -3.13. The van der Waals surface area contributed by atoms with Crippen LogP contribution in [0.15, 0.2) is 52.5 Å². The highest BCUT2D eigenvalue weighted by molar-refractivity contribution is 9.10. The average Bonchev–Trinajstić information content (AvgIpc) is 3.13. The molecule has 0 aromatic heterocycles. The molecule has 0 atom stereocenters. The number of nitrogens with one attached hydrogen (secondary N) is 1. The third-order valence-electron chi connectivity index (χ3n) is 8.13. The number of hydrogen-bond acceptors (Lipinski definition) is 5. The third kappa shape index (κ3) is 3.92. The van der Waals surface area contributed by atoms with E-state index in [1.165, 1.54) is 37.5 Å². The predicted molar refractivity (Wildman–Crippen MR) is 137 cm³/mol. The number of rotatable bonds is 5. The third-order valence-corrected chi connectivity index (χ3v) is 8.72. The van der Waals surface area contributed by atoms with Crippen LogP contribution in [0.4, 0.5) is 5.69 Å². The molecule has 1 heterocycles. The first kappa shape index (κ1) is 23.3. The van der Waals surface area contributed by atoms with Crippen molar-refractivity contribution in [2.75, 3.05) is 12.1 Å². The Kier molecular flexibility index (Phi) is 5.67. The molecule has 36 heavy (non-hydrogen) atoms. The maximum absolute atomic E-state index is 13.5. The van der Waals surface area contributed by atoms with Gasteiger partial charge < -0.3 is 9.47 Å². The lowest BCUT2D eigenvalue weighted by Gasteiger charge is -2.55. The fraction of sp³-hybridized carbons (Fsp3) is 0.393. The van der Waals surface area contributed by atoms with Gasteiger partial charge in [-0.1, -0.05) is 18.2 Å². The van der Waals surface area contributed by atoms with Crippen LogP contribution >= 0.6 is 15.9 Å². The summed E-state index contributed by atoms with van der Waals surface area (Å²) in [4.78, 5) is 39.0. The molecule has 0 unspecified atom stereocenters. The lowest BCUT2D eigenvalue weighted by Crippen LogP contribution is -2.51. The molecule has 0 radical (unpaired) electrons. The molecule has 7 rings (SSSR count). The Bertz CT molecular complexity index is 1250. The second kappa shape index (κ2) is 8.76. The number of anilines is 1. The Labute approximate surface area is 217 Å². The van der Waals surface area contributed by atoms with Crippen molar-refractivity contribution in [2.45, 2.75) is 38.5 Å². The van der Waals surface area contributed by atoms with Crippen molar-refractivity contribution in [3.63, 3.8) is 0 Å². The van der Waals surface area contributed by atoms with E-state index in [1.807, 2.05) is 6.07 Å². The summed E-state index contributed by atoms with van der Waals surface area (Å²) in [6.45, 7) is 0. The van der Waals surface area contributed by atoms with Crippen LogP contribution in [0.5, 0.6) is 11.5 Å². The van der Waals surface area contributed by atoms with Gasteiger partial charge in [0.15, 0.2) is 11.5 Å². The molecular weight excluding hydrogens is 524 g/mol. The van der Waals surface area contributed by atoms with E-state index < -0.39 is 17.2 Å². The second-order valence-electron chi connectivity index (χ2n) is 10.6. The van der Waals surface area contributed by atoms with E-state index in [0.29, 0.717) is 45.0 Å². The van der Waals surface area contributed by atoms with Crippen LogP contribution in [0.25, 0.3) is 6.08 Å². The van der Waals surface area contributed by atoms with Crippen molar-refractivity contribution in [2.24, 2.45) is 23.2 Å². The van der Waals surface area contributed by atoms with Gasteiger partial charge in [-0.2, -0.15) is 0 Å². The molecule has 1 N–H and O–H groups in total. The molecule has 2 aromatic carbocycles. The van der Waals surface area contributed by atoms with E-state index in [2.05, 4.69) is 21.4 Å². The molecule has 2 amide bonds. The minimum atomic E-state index is -0.490. The molecule has 4 aliphatic carbocycles. The summed E-state index contributed by atoms with van der Waals surface area (Å²) in [6, 6.07) is 12.3. The average molecular weight is 551 g/mol. The molecule has 5 fully saturated rings. The number of amides is 2. The second-order valence-corrected chi connectivity index (χ2v) is 11.5. The normalized spacial score (nSPS) is 29.6. The molecule has 186 valence electrons. The van der Waals surface area contributed by atoms with Crippen molar-refractivity contribution in [3.05, 3.63) is 58.1 Å². The molecule has 1 aliphatic heterocycles. The highest BCUT2D eigenvalue weighted by Gasteiger charge is 2.55. The summed E-state index contributed by atoms with van der Waals surface area (Å²) in [5.41, 5.74) is 3.36. The van der Waals surface area contributed by atoms with Crippen LogP contribution in [0.1, 0.15) is 44.1 Å². The van der Waals surface area contributed by atoms with Crippen LogP contribution in [-0.4, -0.2) is 24.9 Å². The van der Waals surface area contributed by atoms with Crippen molar-refractivity contribution < 1.29 is 23.9 Å². The molecule has 1 saturated heterocycles. The minimum absolute atomic E-state index is 0.00566. The van der Waals surface area contributed by atoms with Gasteiger partial charge in [-0.15, -0.1) is 0 Å². The van der Waals surface area contributed by atoms with Crippen molar-refractivity contribution >= 4 is 45.5 Å². The van der Waals surface area contributed by atoms with E-state index in [4.69, 9.17) is 9.47 Å². The summed E-state index contributed by atoms with van der Waals surface area (Å²) in [5.74, 6) is 1.48. The quantitative estimate of drug-likeness (QED) is 0.244. The molecule has 5 aliphatic rings. The largest absolute Gasteiger partial charge is 0.493 e. The van der Waals surface area contributed by atoms with Crippen molar-refractivity contribution in [1.82, 2.24) is 5.43 Å². The van der Waals surface area contributed by atoms with Gasteiger partial charge in [0, 0.05) is 0 Å². The van der Waals surface area contributed by atoms with E-state index in [9.17, 15) is 14.4 Å². The van der Waals surface area contributed by atoms with Crippen molar-refractivity contribution in [1.29, 1.82) is 0 Å². The summed E-state index contributed by atoms with van der Waals surface area (Å²) in [5, 5.41) is 1.22. The molecule has 7 nitrogen and oxygen atoms in total. The molecule has 4 saturated carbocycles. The Morgan fingerprint density at radius 2 is 1.69 bits per heavy atom. The molecular formula is C28H27BrN2O5. The van der Waals surface area contributed by atoms with Gasteiger partial charge >= 0.3 is 5.97 Å². The van der Waals surface area contributed by atoms with Gasteiger partial charge in [0.25, 0.3) is 11.8 Å². The highest BCUT2D eigenvalue weighted by atomic mass is 79.9. The van der Waals surface area contributed by atoms with Gasteiger partial charge in [0.2, 0.25) is 0 Å². The number of para-hydroxylation sites is 1. The van der Waals surface area contributed by atoms with E-state index >= 15 is 0 Å². The molecule has 4 bridgehead atoms. The minimum Gasteiger partial charge on any atom is -0.493 e. The van der Waals surface area contributed by atoms with Crippen LogP contribution in [0, 0.1) is 23.2 Å². The first-order chi connectivity index (χ1) is 17.3. The summed E-state index contributed by atoms with van der Waals surface area (Å²) in [7, 11) is 1.51. The number of halogens is 1. The topological polar surface area (TPSA) is 84.9 Å². The molecule has 2 aromatic rings. The zero-order chi connectivity index (χ0) is 25.0. The zero-order valence-electron chi connectivity index (χ0n) is 20.0. The van der Waals surface area contributed by atoms with Crippen LogP contribution < -0.4 is 19.9 Å². The number of ether oxygens (including phenoxy) is 2. The van der Waals surface area contributed by atoms with Crippen molar-refractivity contribution in [3.8, 4) is 11.5 Å². The fourth-order valence-corrected chi connectivity index (χ4v) is 7.51. The number of nitrogens with zero attached hydrogens (tertiary/aromatic N) is 1. The van der Waals surface area contributed by atoms with Gasteiger partial charge in [-0.3, -0.25) is 19.8 Å². The summed E-state index contributed by atoms with van der Waals surface area (Å²) < 4.78 is 12.1. The maximum Gasteiger partial charge on any atom is 0.317 e. The monoisotopic (exact) mass is 550 g/mol. The number of esters is 1. The number of carbonyl (C=O) groups is 3. The predicted octanol–water partition coefficient (Wildman–Crippen LogP) is 5.04. The SMILES string of the molecule is COc1cc(/C=C2\C(=O)NN(c3ccccc3)C2=O)cc(Br)c1OC(=O)C12CC3CC(CC(C3)C1)C2. The van der Waals surface area contributed by atoms with Crippen LogP contribution in [0.2, 0.25) is 0 Å². The Balaban J connectivity index is 1.26. The number of hydrogen-bond donors (Lipinski definition) is 1. The highest BCUT2D eigenvalue weighted by Crippen LogP contribution is 2.60. The smallest absolute Gasteiger partial charge is 0.317 e. The van der Waals surface area contributed by atoms with E-state index in [1.54, 1.807) is 36.4 Å². The van der Waals surface area contributed by atoms with Gasteiger partial charge in [-0.05, 0) is 108 Å². The lowest BCUT2D eigenvalue weighted by atomic mass is 9.49. The molecule has 8 heteroatoms. The van der Waals surface area contributed by atoms with Crippen LogP contribution in [-0.2, 0) is 14.4 Å². The number of hydrazine groups is 1. The zero-order valence-corrected chi connectivity index (χ0v) is 21.5. The molecule has 0 spiro atoms. The fourth-order valence-electron chi connectivity index (χ4n) is 6.97. The van der Waals surface area contributed by atoms with Gasteiger partial charge in [0.1, 0.15) is 5.57 Å². The number of methoxy groups -OCH3 is 1. The first-order valence-corrected chi connectivity index (χ1v) is 13.2.